The van der Waals surface area contributed by atoms with E-state index < -0.39 is 6.72 Å². The summed E-state index contributed by atoms with van der Waals surface area (Å²) in [6.45, 7) is 3.07. The second-order valence-corrected chi connectivity index (χ2v) is 9.12. The van der Waals surface area contributed by atoms with Gasteiger partial charge in [-0.2, -0.15) is 0 Å². The third kappa shape index (κ3) is 3.19. The molecular weight excluding hydrogens is 265 g/mol. The normalized spacial score (nSPS) is 24.8. The Hall–Kier alpha value is 0.360. The van der Waals surface area contributed by atoms with Crippen molar-refractivity contribution in [2.24, 2.45) is 0 Å². The van der Waals surface area contributed by atoms with Crippen molar-refractivity contribution in [2.75, 3.05) is 18.1 Å². The average Bonchev–Trinajstić information content (AvgIpc) is 2.56. The number of carbonyl (C=O) groups excluding carboxylic acids is 1. The zero-order chi connectivity index (χ0) is 12.2. The van der Waals surface area contributed by atoms with E-state index in [1.165, 1.54) is 27.8 Å². The Kier molecular flexibility index (Phi) is 5.71. The molecule has 1 fully saturated rings. The Bertz CT molecular complexity index is 300. The van der Waals surface area contributed by atoms with E-state index in [2.05, 4.69) is 0 Å². The molecule has 2 unspecified atom stereocenters. The summed E-state index contributed by atoms with van der Waals surface area (Å²) >= 11 is 2.79. The van der Waals surface area contributed by atoms with Gasteiger partial charge >= 0.3 is 6.72 Å². The van der Waals surface area contributed by atoms with Crippen LogP contribution in [0.3, 0.4) is 0 Å². The van der Waals surface area contributed by atoms with Crippen molar-refractivity contribution in [3.8, 4) is 0 Å². The van der Waals surface area contributed by atoms with Crippen molar-refractivity contribution in [1.82, 2.24) is 4.67 Å². The molecule has 0 radical (unpaired) electrons. The van der Waals surface area contributed by atoms with Crippen LogP contribution in [0.2, 0.25) is 0 Å². The van der Waals surface area contributed by atoms with E-state index in [9.17, 15) is 9.36 Å². The van der Waals surface area contributed by atoms with E-state index in [0.29, 0.717) is 12.4 Å². The second-order valence-electron chi connectivity index (χ2n) is 3.37. The Balaban J connectivity index is 2.82. The minimum Gasteiger partial charge on any atom is -0.306 e. The van der Waals surface area contributed by atoms with E-state index in [4.69, 9.17) is 4.52 Å². The van der Waals surface area contributed by atoms with Crippen LogP contribution < -0.4 is 0 Å². The number of hydrogen-bond acceptors (Lipinski definition) is 5. The molecule has 94 valence electrons. The molecule has 0 aromatic carbocycles. The molecule has 0 N–H and O–H groups in total. The molecule has 0 spiro atoms. The van der Waals surface area contributed by atoms with Crippen molar-refractivity contribution >= 4 is 35.8 Å². The van der Waals surface area contributed by atoms with Gasteiger partial charge in [0, 0.05) is 5.75 Å². The zero-order valence-electron chi connectivity index (χ0n) is 9.84. The highest BCUT2D eigenvalue weighted by Gasteiger charge is 2.43. The zero-order valence-corrected chi connectivity index (χ0v) is 12.4. The molecule has 0 saturated carbocycles. The molecule has 0 aromatic heterocycles. The largest absolute Gasteiger partial charge is 0.356 e. The molecule has 1 aliphatic heterocycles. The molecule has 4 nitrogen and oxygen atoms in total. The van der Waals surface area contributed by atoms with Crippen molar-refractivity contribution < 1.29 is 13.9 Å². The van der Waals surface area contributed by atoms with E-state index >= 15 is 0 Å². The smallest absolute Gasteiger partial charge is 0.306 e. The first-order chi connectivity index (χ1) is 7.55. The molecule has 2 atom stereocenters. The predicted octanol–water partition coefficient (Wildman–Crippen LogP) is 3.20. The van der Waals surface area contributed by atoms with Crippen molar-refractivity contribution in [2.45, 2.75) is 32.6 Å². The summed E-state index contributed by atoms with van der Waals surface area (Å²) in [6.07, 6.45) is 0.922. The Morgan fingerprint density at radius 2 is 2.31 bits per heavy atom. The fourth-order valence-corrected chi connectivity index (χ4v) is 7.68. The maximum Gasteiger partial charge on any atom is 0.356 e. The van der Waals surface area contributed by atoms with Crippen LogP contribution in [0.25, 0.3) is 0 Å². The highest BCUT2D eigenvalue weighted by Crippen LogP contribution is 2.65. The van der Waals surface area contributed by atoms with Crippen LogP contribution in [0.15, 0.2) is 0 Å². The lowest BCUT2D eigenvalue weighted by molar-refractivity contribution is -0.123. The molecule has 16 heavy (non-hydrogen) atoms. The van der Waals surface area contributed by atoms with E-state index in [1.807, 2.05) is 13.8 Å². The number of hydrogen-bond donors (Lipinski definition) is 0. The van der Waals surface area contributed by atoms with Crippen molar-refractivity contribution in [3.63, 3.8) is 0 Å². The quantitative estimate of drug-likeness (QED) is 0.701. The van der Waals surface area contributed by atoms with E-state index in [0.717, 1.165) is 12.2 Å². The minimum absolute atomic E-state index is 0.0470. The molecular formula is C9H18NO3PS2. The monoisotopic (exact) mass is 283 g/mol. The summed E-state index contributed by atoms with van der Waals surface area (Å²) in [5.74, 6) is 1.08. The summed E-state index contributed by atoms with van der Waals surface area (Å²) in [5, 5.41) is -0.0470. The molecule has 1 rings (SSSR count). The summed E-state index contributed by atoms with van der Waals surface area (Å²) in [5.41, 5.74) is 0. The van der Waals surface area contributed by atoms with Crippen molar-refractivity contribution in [3.05, 3.63) is 0 Å². The lowest BCUT2D eigenvalue weighted by Crippen LogP contribution is -2.27. The molecule has 1 saturated heterocycles. The lowest BCUT2D eigenvalue weighted by Gasteiger charge is -2.29. The standard InChI is InChI=1S/C9H18NO3PS2/c1-4-6-16-14(12,13-5-2)10-8(3)15-7-9(10)11/h8H,4-7H2,1-3H3. The van der Waals surface area contributed by atoms with Gasteiger partial charge in [-0.3, -0.25) is 14.0 Å². The third-order valence-electron chi connectivity index (χ3n) is 2.06. The first-order valence-corrected chi connectivity index (χ1v) is 9.60. The Labute approximate surface area is 105 Å². The van der Waals surface area contributed by atoms with E-state index in [1.54, 1.807) is 6.92 Å². The number of amides is 1. The fraction of sp³-hybridized carbons (Fsp3) is 0.889. The lowest BCUT2D eigenvalue weighted by atomic mass is 10.6. The van der Waals surface area contributed by atoms with Gasteiger partial charge in [0.1, 0.15) is 0 Å². The van der Waals surface area contributed by atoms with Gasteiger partial charge in [-0.05, 0) is 31.7 Å². The van der Waals surface area contributed by atoms with Crippen LogP contribution in [0.1, 0.15) is 27.2 Å². The molecule has 1 aliphatic rings. The van der Waals surface area contributed by atoms with Gasteiger partial charge in [0.05, 0.1) is 17.7 Å². The van der Waals surface area contributed by atoms with Gasteiger partial charge < -0.3 is 4.52 Å². The van der Waals surface area contributed by atoms with Gasteiger partial charge in [-0.25, -0.2) is 0 Å². The summed E-state index contributed by atoms with van der Waals surface area (Å²) in [4.78, 5) is 11.7. The summed E-state index contributed by atoms with van der Waals surface area (Å²) < 4.78 is 19.4. The minimum atomic E-state index is -3.02. The number of nitrogens with zero attached hydrogens (tertiary/aromatic N) is 1. The van der Waals surface area contributed by atoms with Gasteiger partial charge in [-0.15, -0.1) is 11.8 Å². The van der Waals surface area contributed by atoms with Crippen molar-refractivity contribution in [1.29, 1.82) is 0 Å². The molecule has 1 amide bonds. The van der Waals surface area contributed by atoms with Crippen LogP contribution in [0.4, 0.5) is 0 Å². The highest BCUT2D eigenvalue weighted by atomic mass is 32.7. The molecule has 0 aromatic rings. The number of carbonyl (C=O) groups is 1. The topological polar surface area (TPSA) is 46.6 Å². The van der Waals surface area contributed by atoms with Crippen LogP contribution in [-0.2, 0) is 13.9 Å². The molecule has 0 bridgehead atoms. The molecule has 7 heteroatoms. The van der Waals surface area contributed by atoms with Gasteiger partial charge in [0.2, 0.25) is 5.91 Å². The van der Waals surface area contributed by atoms with Crippen LogP contribution in [0, 0.1) is 0 Å². The molecule has 1 heterocycles. The number of rotatable bonds is 6. The predicted molar refractivity (Wildman–Crippen MR) is 70.7 cm³/mol. The summed E-state index contributed by atoms with van der Waals surface area (Å²) in [6, 6.07) is 0. The average molecular weight is 283 g/mol. The Morgan fingerprint density at radius 3 is 2.75 bits per heavy atom. The Morgan fingerprint density at radius 1 is 1.62 bits per heavy atom. The first kappa shape index (κ1) is 14.4. The van der Waals surface area contributed by atoms with Gasteiger partial charge in [0.25, 0.3) is 0 Å². The maximum atomic E-state index is 12.6. The second kappa shape index (κ2) is 6.34. The number of thioether (sulfide) groups is 1. The highest BCUT2D eigenvalue weighted by molar-refractivity contribution is 8.56. The third-order valence-corrected chi connectivity index (χ3v) is 8.30. The fourth-order valence-electron chi connectivity index (χ4n) is 1.40. The maximum absolute atomic E-state index is 12.6. The summed E-state index contributed by atoms with van der Waals surface area (Å²) in [7, 11) is 0. The van der Waals surface area contributed by atoms with Gasteiger partial charge in [-0.1, -0.05) is 6.92 Å². The van der Waals surface area contributed by atoms with Crippen LogP contribution >= 0.6 is 29.9 Å². The SMILES string of the molecule is CCCSP(=O)(OCC)N1C(=O)CSC1C. The molecule has 0 aliphatic carbocycles. The van der Waals surface area contributed by atoms with Gasteiger partial charge in [0.15, 0.2) is 0 Å². The van der Waals surface area contributed by atoms with Crippen LogP contribution in [-0.4, -0.2) is 34.1 Å². The van der Waals surface area contributed by atoms with E-state index in [-0.39, 0.29) is 11.3 Å². The first-order valence-electron chi connectivity index (χ1n) is 5.38. The van der Waals surface area contributed by atoms with Crippen LogP contribution in [0.5, 0.6) is 0 Å².